The lowest BCUT2D eigenvalue weighted by Gasteiger charge is -2.26. The van der Waals surface area contributed by atoms with E-state index < -0.39 is 12.1 Å². The van der Waals surface area contributed by atoms with Gasteiger partial charge in [0.1, 0.15) is 19.3 Å². The SMILES string of the molecule is CCCCCCCC(=O)N[C@H](CNCCCC)[C@H](O)c1ccc2c(c1)OCCO2. The van der Waals surface area contributed by atoms with E-state index in [1.807, 2.05) is 18.2 Å². The van der Waals surface area contributed by atoms with Crippen molar-refractivity contribution < 1.29 is 19.4 Å². The second-order valence-corrected chi connectivity index (χ2v) is 7.74. The van der Waals surface area contributed by atoms with Crippen molar-refractivity contribution in [3.63, 3.8) is 0 Å². The lowest BCUT2D eigenvalue weighted by molar-refractivity contribution is -0.122. The Morgan fingerprint density at radius 1 is 1.03 bits per heavy atom. The summed E-state index contributed by atoms with van der Waals surface area (Å²) in [5.41, 5.74) is 0.722. The molecule has 6 heteroatoms. The molecule has 0 saturated carbocycles. The average Bonchev–Trinajstić information content (AvgIpc) is 2.75. The van der Waals surface area contributed by atoms with Crippen LogP contribution in [0.4, 0.5) is 0 Å². The molecule has 0 saturated heterocycles. The summed E-state index contributed by atoms with van der Waals surface area (Å²) < 4.78 is 11.2. The summed E-state index contributed by atoms with van der Waals surface area (Å²) in [6.45, 7) is 6.76. The van der Waals surface area contributed by atoms with E-state index in [0.29, 0.717) is 37.7 Å². The molecular weight excluding hydrogens is 368 g/mol. The normalized spacial score (nSPS) is 15.0. The van der Waals surface area contributed by atoms with Gasteiger partial charge >= 0.3 is 0 Å². The monoisotopic (exact) mass is 406 g/mol. The van der Waals surface area contributed by atoms with E-state index in [-0.39, 0.29) is 5.91 Å². The summed E-state index contributed by atoms with van der Waals surface area (Å²) in [4.78, 5) is 12.4. The van der Waals surface area contributed by atoms with Crippen LogP contribution >= 0.6 is 0 Å². The third-order valence-electron chi connectivity index (χ3n) is 5.21. The molecule has 0 unspecified atom stereocenters. The van der Waals surface area contributed by atoms with E-state index in [9.17, 15) is 9.90 Å². The molecule has 1 heterocycles. The quantitative estimate of drug-likeness (QED) is 0.410. The second kappa shape index (κ2) is 13.4. The number of fused-ring (bicyclic) bond motifs is 1. The van der Waals surface area contributed by atoms with Gasteiger partial charge in [0.2, 0.25) is 5.91 Å². The number of nitrogens with one attached hydrogen (secondary N) is 2. The molecular formula is C23H38N2O4. The highest BCUT2D eigenvalue weighted by molar-refractivity contribution is 5.76. The minimum absolute atomic E-state index is 0.000355. The predicted octanol–water partition coefficient (Wildman–Crippen LogP) is 3.73. The lowest BCUT2D eigenvalue weighted by Crippen LogP contribution is -2.46. The summed E-state index contributed by atoms with van der Waals surface area (Å²) in [6, 6.07) is 5.09. The van der Waals surface area contributed by atoms with E-state index in [2.05, 4.69) is 24.5 Å². The highest BCUT2D eigenvalue weighted by Crippen LogP contribution is 2.33. The number of ether oxygens (including phenoxy) is 2. The Balaban J connectivity index is 1.95. The van der Waals surface area contributed by atoms with Gasteiger partial charge in [0.05, 0.1) is 6.04 Å². The van der Waals surface area contributed by atoms with Gasteiger partial charge in [-0.25, -0.2) is 0 Å². The Kier molecular flexibility index (Phi) is 10.9. The van der Waals surface area contributed by atoms with Gasteiger partial charge in [0.25, 0.3) is 0 Å². The summed E-state index contributed by atoms with van der Waals surface area (Å²) >= 11 is 0. The molecule has 29 heavy (non-hydrogen) atoms. The first-order chi connectivity index (χ1) is 14.2. The molecule has 1 aromatic carbocycles. The Bertz CT molecular complexity index is 609. The molecule has 0 spiro atoms. The first-order valence-corrected chi connectivity index (χ1v) is 11.2. The van der Waals surface area contributed by atoms with Gasteiger partial charge in [0.15, 0.2) is 11.5 Å². The van der Waals surface area contributed by atoms with E-state index in [1.54, 1.807) is 0 Å². The number of unbranched alkanes of at least 4 members (excludes halogenated alkanes) is 5. The molecule has 1 aromatic rings. The zero-order valence-electron chi connectivity index (χ0n) is 18.0. The largest absolute Gasteiger partial charge is 0.486 e. The third-order valence-corrected chi connectivity index (χ3v) is 5.21. The van der Waals surface area contributed by atoms with Gasteiger partial charge in [-0.3, -0.25) is 4.79 Å². The first-order valence-electron chi connectivity index (χ1n) is 11.2. The minimum Gasteiger partial charge on any atom is -0.486 e. The predicted molar refractivity (Wildman–Crippen MR) is 115 cm³/mol. The van der Waals surface area contributed by atoms with E-state index >= 15 is 0 Å². The molecule has 1 aliphatic heterocycles. The van der Waals surface area contributed by atoms with Crippen LogP contribution in [0.5, 0.6) is 11.5 Å². The van der Waals surface area contributed by atoms with Crippen LogP contribution in [-0.4, -0.2) is 43.4 Å². The molecule has 164 valence electrons. The summed E-state index contributed by atoms with van der Waals surface area (Å²) in [6.07, 6.45) is 7.41. The molecule has 2 atom stereocenters. The molecule has 0 bridgehead atoms. The molecule has 2 rings (SSSR count). The molecule has 3 N–H and O–H groups in total. The van der Waals surface area contributed by atoms with Gasteiger partial charge in [-0.15, -0.1) is 0 Å². The van der Waals surface area contributed by atoms with Crippen molar-refractivity contribution in [2.24, 2.45) is 0 Å². The van der Waals surface area contributed by atoms with Crippen molar-refractivity contribution >= 4 is 5.91 Å². The van der Waals surface area contributed by atoms with Gasteiger partial charge in [-0.1, -0.05) is 52.0 Å². The fourth-order valence-corrected chi connectivity index (χ4v) is 3.45. The maximum atomic E-state index is 12.4. The van der Waals surface area contributed by atoms with Crippen molar-refractivity contribution in [1.82, 2.24) is 10.6 Å². The van der Waals surface area contributed by atoms with Crippen molar-refractivity contribution in [2.75, 3.05) is 26.3 Å². The molecule has 1 amide bonds. The molecule has 0 fully saturated rings. The number of aliphatic hydroxyl groups excluding tert-OH is 1. The summed E-state index contributed by atoms with van der Waals surface area (Å²) in [5.74, 6) is 1.34. The standard InChI is InChI=1S/C23H38N2O4/c1-3-5-7-8-9-10-22(26)25-19(17-24-13-6-4-2)23(27)18-11-12-20-21(16-18)29-15-14-28-20/h11-12,16,19,23-24,27H,3-10,13-15,17H2,1-2H3,(H,25,26)/t19-,23-/m1/s1. The molecule has 0 aromatic heterocycles. The number of aliphatic hydroxyl groups is 1. The fourth-order valence-electron chi connectivity index (χ4n) is 3.45. The van der Waals surface area contributed by atoms with Crippen molar-refractivity contribution in [3.8, 4) is 11.5 Å². The van der Waals surface area contributed by atoms with Crippen molar-refractivity contribution in [3.05, 3.63) is 23.8 Å². The van der Waals surface area contributed by atoms with Crippen LogP contribution in [-0.2, 0) is 4.79 Å². The smallest absolute Gasteiger partial charge is 0.220 e. The second-order valence-electron chi connectivity index (χ2n) is 7.74. The Morgan fingerprint density at radius 3 is 2.52 bits per heavy atom. The number of rotatable bonds is 14. The lowest BCUT2D eigenvalue weighted by atomic mass is 10.0. The van der Waals surface area contributed by atoms with Crippen molar-refractivity contribution in [2.45, 2.75) is 77.4 Å². The van der Waals surface area contributed by atoms with E-state index in [1.165, 1.54) is 19.3 Å². The fraction of sp³-hybridized carbons (Fsp3) is 0.696. The minimum atomic E-state index is -0.816. The number of benzene rings is 1. The van der Waals surface area contributed by atoms with Gasteiger partial charge in [0, 0.05) is 13.0 Å². The number of carbonyl (C=O) groups excluding carboxylic acids is 1. The summed E-state index contributed by atoms with van der Waals surface area (Å²) in [5, 5.41) is 17.4. The summed E-state index contributed by atoms with van der Waals surface area (Å²) in [7, 11) is 0. The number of hydrogen-bond acceptors (Lipinski definition) is 5. The van der Waals surface area contributed by atoms with E-state index in [0.717, 1.165) is 37.8 Å². The Morgan fingerprint density at radius 2 is 1.76 bits per heavy atom. The maximum Gasteiger partial charge on any atom is 0.220 e. The van der Waals surface area contributed by atoms with Crippen LogP contribution in [0.25, 0.3) is 0 Å². The highest BCUT2D eigenvalue weighted by atomic mass is 16.6. The topological polar surface area (TPSA) is 79.8 Å². The van der Waals surface area contributed by atoms with Gasteiger partial charge < -0.3 is 25.2 Å². The number of carbonyl (C=O) groups is 1. The molecule has 0 radical (unpaired) electrons. The van der Waals surface area contributed by atoms with Gasteiger partial charge in [-0.2, -0.15) is 0 Å². The Hall–Kier alpha value is -1.79. The molecule has 1 aliphatic rings. The highest BCUT2D eigenvalue weighted by Gasteiger charge is 2.24. The van der Waals surface area contributed by atoms with Gasteiger partial charge in [-0.05, 0) is 37.1 Å². The zero-order chi connectivity index (χ0) is 20.9. The van der Waals surface area contributed by atoms with Crippen LogP contribution in [0, 0.1) is 0 Å². The molecule has 6 nitrogen and oxygen atoms in total. The molecule has 0 aliphatic carbocycles. The van der Waals surface area contributed by atoms with Crippen LogP contribution in [0.15, 0.2) is 18.2 Å². The van der Waals surface area contributed by atoms with Crippen LogP contribution in [0.3, 0.4) is 0 Å². The zero-order valence-corrected chi connectivity index (χ0v) is 18.0. The number of amides is 1. The first kappa shape index (κ1) is 23.5. The van der Waals surface area contributed by atoms with E-state index in [4.69, 9.17) is 9.47 Å². The maximum absolute atomic E-state index is 12.4. The van der Waals surface area contributed by atoms with Crippen LogP contribution in [0.2, 0.25) is 0 Å². The Labute approximate surface area is 175 Å². The average molecular weight is 407 g/mol. The van der Waals surface area contributed by atoms with Crippen molar-refractivity contribution in [1.29, 1.82) is 0 Å². The third kappa shape index (κ3) is 8.23. The number of hydrogen-bond donors (Lipinski definition) is 3. The van der Waals surface area contributed by atoms with Crippen LogP contribution < -0.4 is 20.1 Å². The van der Waals surface area contributed by atoms with Crippen LogP contribution in [0.1, 0.15) is 76.9 Å².